The van der Waals surface area contributed by atoms with Crippen LogP contribution in [0.25, 0.3) is 5.57 Å². The molecule has 0 spiro atoms. The van der Waals surface area contributed by atoms with E-state index < -0.39 is 17.4 Å². The summed E-state index contributed by atoms with van der Waals surface area (Å²) >= 11 is 0. The van der Waals surface area contributed by atoms with Crippen molar-refractivity contribution in [1.82, 2.24) is 0 Å². The molecule has 0 aliphatic heterocycles. The van der Waals surface area contributed by atoms with E-state index in [9.17, 15) is 9.59 Å². The number of allylic oxidation sites excluding steroid dienone is 1. The molecule has 2 rings (SSSR count). The summed E-state index contributed by atoms with van der Waals surface area (Å²) in [5.41, 5.74) is 1.62. The fourth-order valence-corrected chi connectivity index (χ4v) is 2.55. The molecule has 20 heavy (non-hydrogen) atoms. The second-order valence-corrected chi connectivity index (χ2v) is 5.10. The Bertz CT molecular complexity index is 540. The first-order chi connectivity index (χ1) is 9.47. The molecule has 0 saturated heterocycles. The number of rotatable bonds is 4. The van der Waals surface area contributed by atoms with Gasteiger partial charge in [-0.05, 0) is 24.5 Å². The van der Waals surface area contributed by atoms with Crippen LogP contribution in [0, 0.1) is 18.3 Å². The molecule has 1 aromatic rings. The molecule has 1 unspecified atom stereocenters. The minimum absolute atomic E-state index is 0.259. The fraction of sp³-hybridized carbons (Fsp3) is 0.375. The van der Waals surface area contributed by atoms with Gasteiger partial charge in [-0.2, -0.15) is 0 Å². The van der Waals surface area contributed by atoms with Crippen LogP contribution in [0.4, 0.5) is 0 Å². The third kappa shape index (κ3) is 2.11. The van der Waals surface area contributed by atoms with E-state index in [1.165, 1.54) is 14.2 Å². The molecule has 1 aliphatic carbocycles. The van der Waals surface area contributed by atoms with Crippen LogP contribution in [0.5, 0.6) is 0 Å². The lowest BCUT2D eigenvalue weighted by atomic mass is 9.95. The average Bonchev–Trinajstić information content (AvgIpc) is 3.22. The molecule has 0 radical (unpaired) electrons. The average molecular weight is 274 g/mol. The van der Waals surface area contributed by atoms with Crippen molar-refractivity contribution in [2.75, 3.05) is 14.2 Å². The predicted octanol–water partition coefficient (Wildman–Crippen LogP) is 2.36. The Morgan fingerprint density at radius 2 is 1.65 bits per heavy atom. The Balaban J connectivity index is 2.26. The van der Waals surface area contributed by atoms with Gasteiger partial charge >= 0.3 is 11.9 Å². The summed E-state index contributed by atoms with van der Waals surface area (Å²) in [6, 6.07) is 7.83. The summed E-state index contributed by atoms with van der Waals surface area (Å²) in [6.45, 7) is 6.03. The number of esters is 2. The van der Waals surface area contributed by atoms with Gasteiger partial charge in [0.15, 0.2) is 5.41 Å². The Morgan fingerprint density at radius 3 is 2.10 bits per heavy atom. The van der Waals surface area contributed by atoms with Gasteiger partial charge in [0.05, 0.1) is 14.2 Å². The molecule has 106 valence electrons. The highest BCUT2D eigenvalue weighted by Crippen LogP contribution is 2.59. The van der Waals surface area contributed by atoms with Crippen molar-refractivity contribution in [3.63, 3.8) is 0 Å². The van der Waals surface area contributed by atoms with E-state index in [0.29, 0.717) is 6.42 Å². The van der Waals surface area contributed by atoms with Gasteiger partial charge in [0.2, 0.25) is 0 Å². The van der Waals surface area contributed by atoms with Crippen molar-refractivity contribution >= 4 is 17.5 Å². The molecule has 1 aliphatic rings. The Morgan fingerprint density at radius 1 is 1.15 bits per heavy atom. The maximum absolute atomic E-state index is 11.9. The van der Waals surface area contributed by atoms with Gasteiger partial charge < -0.3 is 9.47 Å². The number of methoxy groups -OCH3 is 2. The number of hydrogen-bond acceptors (Lipinski definition) is 4. The number of benzene rings is 1. The van der Waals surface area contributed by atoms with Crippen molar-refractivity contribution < 1.29 is 19.1 Å². The minimum Gasteiger partial charge on any atom is -0.468 e. The molecule has 4 heteroatoms. The second-order valence-electron chi connectivity index (χ2n) is 5.10. The minimum atomic E-state index is -1.22. The van der Waals surface area contributed by atoms with Crippen molar-refractivity contribution in [3.8, 4) is 0 Å². The summed E-state index contributed by atoms with van der Waals surface area (Å²) in [7, 11) is 2.55. The highest BCUT2D eigenvalue weighted by Gasteiger charge is 2.68. The van der Waals surface area contributed by atoms with Crippen molar-refractivity contribution in [3.05, 3.63) is 42.0 Å². The van der Waals surface area contributed by atoms with Crippen LogP contribution in [0.1, 0.15) is 17.5 Å². The van der Waals surface area contributed by atoms with Crippen LogP contribution in [-0.2, 0) is 19.1 Å². The van der Waals surface area contributed by atoms with Crippen LogP contribution in [0.2, 0.25) is 0 Å². The monoisotopic (exact) mass is 274 g/mol. The van der Waals surface area contributed by atoms with Crippen LogP contribution < -0.4 is 0 Å². The van der Waals surface area contributed by atoms with Gasteiger partial charge in [-0.1, -0.05) is 36.4 Å². The zero-order valence-corrected chi connectivity index (χ0v) is 11.9. The first-order valence-electron chi connectivity index (χ1n) is 6.40. The fourth-order valence-electron chi connectivity index (χ4n) is 2.55. The van der Waals surface area contributed by atoms with Crippen LogP contribution >= 0.6 is 0 Å². The molecule has 4 nitrogen and oxygen atoms in total. The van der Waals surface area contributed by atoms with Crippen molar-refractivity contribution in [2.24, 2.45) is 11.3 Å². The van der Waals surface area contributed by atoms with E-state index in [2.05, 4.69) is 6.58 Å². The summed E-state index contributed by atoms with van der Waals surface area (Å²) < 4.78 is 9.51. The Hall–Kier alpha value is -2.10. The SMILES string of the molecule is C=C(c1ccc(C)cc1)C1CC1(C(=O)OC)C(=O)OC. The third-order valence-electron chi connectivity index (χ3n) is 3.90. The molecule has 1 atom stereocenters. The second kappa shape index (κ2) is 5.12. The van der Waals surface area contributed by atoms with Crippen molar-refractivity contribution in [2.45, 2.75) is 13.3 Å². The molecule has 1 aromatic carbocycles. The molecule has 0 heterocycles. The third-order valence-corrected chi connectivity index (χ3v) is 3.90. The molecule has 0 aromatic heterocycles. The molecule has 1 fully saturated rings. The van der Waals surface area contributed by atoms with Crippen LogP contribution in [0.15, 0.2) is 30.8 Å². The van der Waals surface area contributed by atoms with Crippen molar-refractivity contribution in [1.29, 1.82) is 0 Å². The first-order valence-corrected chi connectivity index (χ1v) is 6.40. The lowest BCUT2D eigenvalue weighted by Crippen LogP contribution is -2.30. The number of carbonyl (C=O) groups is 2. The standard InChI is InChI=1S/C16H18O4/c1-10-5-7-12(8-6-10)11(2)13-9-16(13,14(17)19-3)15(18)20-4/h5-8,13H,2,9H2,1,3-4H3. The summed E-state index contributed by atoms with van der Waals surface area (Å²) in [5.74, 6) is -1.37. The smallest absolute Gasteiger partial charge is 0.323 e. The van der Waals surface area contributed by atoms with Gasteiger partial charge in [0.1, 0.15) is 0 Å². The largest absolute Gasteiger partial charge is 0.468 e. The van der Waals surface area contributed by atoms with Gasteiger partial charge in [-0.15, -0.1) is 0 Å². The number of hydrogen-bond donors (Lipinski definition) is 0. The topological polar surface area (TPSA) is 52.6 Å². The zero-order chi connectivity index (χ0) is 14.9. The van der Waals surface area contributed by atoms with E-state index in [1.54, 1.807) is 0 Å². The summed E-state index contributed by atoms with van der Waals surface area (Å²) in [6.07, 6.45) is 0.388. The van der Waals surface area contributed by atoms with E-state index in [1.807, 2.05) is 31.2 Å². The highest BCUT2D eigenvalue weighted by molar-refractivity contribution is 6.06. The number of carbonyl (C=O) groups excluding carboxylic acids is 2. The lowest BCUT2D eigenvalue weighted by molar-refractivity contribution is -0.161. The molecule has 0 amide bonds. The number of aryl methyl sites for hydroxylation is 1. The normalized spacial score (nSPS) is 19.1. The van der Waals surface area contributed by atoms with E-state index in [4.69, 9.17) is 9.47 Å². The van der Waals surface area contributed by atoms with Gasteiger partial charge in [0, 0.05) is 5.92 Å². The van der Waals surface area contributed by atoms with E-state index in [-0.39, 0.29) is 5.92 Å². The Labute approximate surface area is 118 Å². The molecule has 1 saturated carbocycles. The first kappa shape index (κ1) is 14.3. The zero-order valence-electron chi connectivity index (χ0n) is 11.9. The number of ether oxygens (including phenoxy) is 2. The lowest BCUT2D eigenvalue weighted by Gasteiger charge is -2.14. The summed E-state index contributed by atoms with van der Waals surface area (Å²) in [5, 5.41) is 0. The molecular weight excluding hydrogens is 256 g/mol. The van der Waals surface area contributed by atoms with Gasteiger partial charge in [0.25, 0.3) is 0 Å². The molecular formula is C16H18O4. The predicted molar refractivity (Wildman–Crippen MR) is 74.8 cm³/mol. The highest BCUT2D eigenvalue weighted by atomic mass is 16.5. The van der Waals surface area contributed by atoms with Gasteiger partial charge in [-0.3, -0.25) is 9.59 Å². The van der Waals surface area contributed by atoms with E-state index >= 15 is 0 Å². The molecule has 0 bridgehead atoms. The maximum Gasteiger partial charge on any atom is 0.323 e. The van der Waals surface area contributed by atoms with Crippen LogP contribution in [-0.4, -0.2) is 26.2 Å². The van der Waals surface area contributed by atoms with Crippen LogP contribution in [0.3, 0.4) is 0 Å². The quantitative estimate of drug-likeness (QED) is 0.625. The maximum atomic E-state index is 11.9. The van der Waals surface area contributed by atoms with E-state index in [0.717, 1.165) is 16.7 Å². The Kier molecular flexibility index (Phi) is 3.66. The van der Waals surface area contributed by atoms with Gasteiger partial charge in [-0.25, -0.2) is 0 Å². The molecule has 0 N–H and O–H groups in total. The summed E-state index contributed by atoms with van der Waals surface area (Å²) in [4.78, 5) is 23.9.